The van der Waals surface area contributed by atoms with E-state index in [2.05, 4.69) is 20.8 Å². The summed E-state index contributed by atoms with van der Waals surface area (Å²) in [6, 6.07) is 11.8. The van der Waals surface area contributed by atoms with E-state index in [1.54, 1.807) is 31.2 Å². The number of benzene rings is 2. The second kappa shape index (κ2) is 9.04. The molecular weight excluding hydrogens is 420 g/mol. The standard InChI is InChI=1S/C22H21F2N5O3.H2/c1-12(25)18(21(31)28-17-9-5-7-15(11-17)22(3,23)24)20(30)27-16-8-4-6-14(10-16)19-26-13(2)32-29-19;/h4-11,18,25H,1-3H3,(H,27,30)(H,28,31);1H. The van der Waals surface area contributed by atoms with Gasteiger partial charge in [0.25, 0.3) is 5.92 Å². The molecule has 0 spiro atoms. The first-order chi connectivity index (χ1) is 15.0. The Morgan fingerprint density at radius 3 is 2.22 bits per heavy atom. The van der Waals surface area contributed by atoms with Gasteiger partial charge in [-0.2, -0.15) is 4.98 Å². The topological polar surface area (TPSA) is 121 Å². The first kappa shape index (κ1) is 22.7. The van der Waals surface area contributed by atoms with Crippen LogP contribution in [-0.4, -0.2) is 27.7 Å². The molecule has 0 radical (unpaired) electrons. The van der Waals surface area contributed by atoms with Crippen molar-refractivity contribution >= 4 is 28.9 Å². The zero-order chi connectivity index (χ0) is 23.5. The third-order valence-corrected chi connectivity index (χ3v) is 4.51. The molecule has 3 aromatic rings. The van der Waals surface area contributed by atoms with E-state index < -0.39 is 23.7 Å². The third kappa shape index (κ3) is 5.39. The first-order valence-corrected chi connectivity index (χ1v) is 9.60. The number of aromatic nitrogens is 2. The quantitative estimate of drug-likeness (QED) is 0.363. The van der Waals surface area contributed by atoms with Crippen molar-refractivity contribution in [2.45, 2.75) is 26.7 Å². The Kier molecular flexibility index (Phi) is 6.42. The van der Waals surface area contributed by atoms with Gasteiger partial charge in [0.2, 0.25) is 23.5 Å². The zero-order valence-corrected chi connectivity index (χ0v) is 17.6. The maximum Gasteiger partial charge on any atom is 0.270 e. The number of carbonyl (C=O) groups is 2. The van der Waals surface area contributed by atoms with Crippen molar-refractivity contribution in [1.82, 2.24) is 10.1 Å². The van der Waals surface area contributed by atoms with Gasteiger partial charge in [-0.25, -0.2) is 8.78 Å². The number of anilines is 2. The van der Waals surface area contributed by atoms with E-state index in [-0.39, 0.29) is 18.4 Å². The van der Waals surface area contributed by atoms with Crippen LogP contribution in [0.5, 0.6) is 0 Å². The number of halogens is 2. The molecule has 0 saturated carbocycles. The molecular formula is C22H23F2N5O3. The molecule has 32 heavy (non-hydrogen) atoms. The minimum Gasteiger partial charge on any atom is -0.339 e. The molecule has 1 unspecified atom stereocenters. The number of alkyl halides is 2. The highest BCUT2D eigenvalue weighted by Crippen LogP contribution is 2.29. The third-order valence-electron chi connectivity index (χ3n) is 4.51. The van der Waals surface area contributed by atoms with Crippen LogP contribution in [0.4, 0.5) is 20.2 Å². The number of hydrogen-bond donors (Lipinski definition) is 3. The maximum absolute atomic E-state index is 13.6. The van der Waals surface area contributed by atoms with Crippen LogP contribution in [0, 0.1) is 18.3 Å². The molecule has 1 heterocycles. The first-order valence-electron chi connectivity index (χ1n) is 9.60. The molecule has 8 nitrogen and oxygen atoms in total. The van der Waals surface area contributed by atoms with Gasteiger partial charge in [0.05, 0.1) is 0 Å². The Morgan fingerprint density at radius 2 is 1.69 bits per heavy atom. The molecule has 2 amide bonds. The van der Waals surface area contributed by atoms with Crippen molar-refractivity contribution in [2.75, 3.05) is 10.6 Å². The van der Waals surface area contributed by atoms with Crippen LogP contribution in [0.15, 0.2) is 53.1 Å². The van der Waals surface area contributed by atoms with E-state index >= 15 is 0 Å². The highest BCUT2D eigenvalue weighted by Gasteiger charge is 2.30. The fourth-order valence-electron chi connectivity index (χ4n) is 2.96. The molecule has 0 bridgehead atoms. The van der Waals surface area contributed by atoms with Crippen LogP contribution in [0.25, 0.3) is 11.4 Å². The van der Waals surface area contributed by atoms with Crippen molar-refractivity contribution < 1.29 is 24.3 Å². The smallest absolute Gasteiger partial charge is 0.270 e. The Balaban J connectivity index is 0.00000385. The molecule has 0 aliphatic carbocycles. The number of carbonyl (C=O) groups excluding carboxylic acids is 2. The maximum atomic E-state index is 13.6. The average Bonchev–Trinajstić information content (AvgIpc) is 3.14. The van der Waals surface area contributed by atoms with Gasteiger partial charge in [-0.3, -0.25) is 9.59 Å². The number of hydrogen-bond acceptors (Lipinski definition) is 6. The van der Waals surface area contributed by atoms with Crippen molar-refractivity contribution in [2.24, 2.45) is 5.92 Å². The Hall–Kier alpha value is -3.95. The second-order valence-electron chi connectivity index (χ2n) is 7.28. The number of aryl methyl sites for hydroxylation is 1. The van der Waals surface area contributed by atoms with Crippen LogP contribution in [0.2, 0.25) is 0 Å². The van der Waals surface area contributed by atoms with Crippen molar-refractivity contribution in [3.8, 4) is 11.4 Å². The Bertz CT molecular complexity index is 1180. The van der Waals surface area contributed by atoms with Crippen LogP contribution >= 0.6 is 0 Å². The number of rotatable bonds is 7. The van der Waals surface area contributed by atoms with E-state index in [9.17, 15) is 18.4 Å². The minimum absolute atomic E-state index is 0. The largest absolute Gasteiger partial charge is 0.339 e. The van der Waals surface area contributed by atoms with E-state index in [4.69, 9.17) is 9.93 Å². The predicted molar refractivity (Wildman–Crippen MR) is 117 cm³/mol. The summed E-state index contributed by atoms with van der Waals surface area (Å²) in [6.45, 7) is 3.71. The van der Waals surface area contributed by atoms with Crippen LogP contribution in [0.1, 0.15) is 26.7 Å². The monoisotopic (exact) mass is 443 g/mol. The number of amides is 2. The lowest BCUT2D eigenvalue weighted by Gasteiger charge is -2.17. The van der Waals surface area contributed by atoms with Crippen LogP contribution < -0.4 is 10.6 Å². The van der Waals surface area contributed by atoms with Gasteiger partial charge in [0.1, 0.15) is 0 Å². The SMILES string of the molecule is CC(=N)C(C(=O)Nc1cccc(-c2noc(C)n2)c1)C(=O)Nc1cccc(C(C)(F)F)c1.[HH]. The molecule has 1 aromatic heterocycles. The lowest BCUT2D eigenvalue weighted by molar-refractivity contribution is -0.126. The van der Waals surface area contributed by atoms with E-state index in [1.165, 1.54) is 25.1 Å². The summed E-state index contributed by atoms with van der Waals surface area (Å²) in [4.78, 5) is 29.6. The summed E-state index contributed by atoms with van der Waals surface area (Å²) < 4.78 is 32.1. The lowest BCUT2D eigenvalue weighted by Crippen LogP contribution is -2.38. The van der Waals surface area contributed by atoms with Gasteiger partial charge < -0.3 is 20.6 Å². The van der Waals surface area contributed by atoms with Gasteiger partial charge in [-0.1, -0.05) is 29.4 Å². The van der Waals surface area contributed by atoms with Crippen molar-refractivity contribution in [3.63, 3.8) is 0 Å². The second-order valence-corrected chi connectivity index (χ2v) is 7.28. The Labute approximate surface area is 184 Å². The van der Waals surface area contributed by atoms with E-state index in [0.29, 0.717) is 23.0 Å². The summed E-state index contributed by atoms with van der Waals surface area (Å²) in [5.74, 6) is -5.38. The Morgan fingerprint density at radius 1 is 1.09 bits per heavy atom. The summed E-state index contributed by atoms with van der Waals surface area (Å²) in [6.07, 6.45) is 0. The molecule has 0 saturated heterocycles. The van der Waals surface area contributed by atoms with Gasteiger partial charge in [0.15, 0.2) is 5.92 Å². The number of nitrogens with zero attached hydrogens (tertiary/aromatic N) is 2. The minimum atomic E-state index is -3.09. The van der Waals surface area contributed by atoms with Crippen molar-refractivity contribution in [3.05, 3.63) is 60.0 Å². The molecule has 3 N–H and O–H groups in total. The van der Waals surface area contributed by atoms with Gasteiger partial charge in [-0.15, -0.1) is 0 Å². The van der Waals surface area contributed by atoms with Gasteiger partial charge >= 0.3 is 0 Å². The van der Waals surface area contributed by atoms with Gasteiger partial charge in [0, 0.05) is 43.5 Å². The number of nitrogens with one attached hydrogen (secondary N) is 3. The summed E-state index contributed by atoms with van der Waals surface area (Å²) in [5.41, 5.74) is 0.562. The average molecular weight is 443 g/mol. The fourth-order valence-corrected chi connectivity index (χ4v) is 2.96. The molecule has 0 aliphatic rings. The highest BCUT2D eigenvalue weighted by atomic mass is 19.3. The normalized spacial score (nSPS) is 12.2. The van der Waals surface area contributed by atoms with E-state index in [0.717, 1.165) is 13.0 Å². The molecule has 10 heteroatoms. The highest BCUT2D eigenvalue weighted by molar-refractivity contribution is 6.24. The predicted octanol–water partition coefficient (Wildman–Crippen LogP) is 4.64. The van der Waals surface area contributed by atoms with Crippen molar-refractivity contribution in [1.29, 1.82) is 5.41 Å². The zero-order valence-electron chi connectivity index (χ0n) is 17.6. The molecule has 0 aliphatic heterocycles. The lowest BCUT2D eigenvalue weighted by atomic mass is 10.0. The molecule has 2 aromatic carbocycles. The summed E-state index contributed by atoms with van der Waals surface area (Å²) in [7, 11) is 0. The molecule has 3 rings (SSSR count). The van der Waals surface area contributed by atoms with Crippen LogP contribution in [0.3, 0.4) is 0 Å². The molecule has 1 atom stereocenters. The summed E-state index contributed by atoms with van der Waals surface area (Å²) >= 11 is 0. The molecule has 0 fully saturated rings. The summed E-state index contributed by atoms with van der Waals surface area (Å²) in [5, 5.41) is 16.7. The fraction of sp³-hybridized carbons (Fsp3) is 0.227. The van der Waals surface area contributed by atoms with Crippen LogP contribution in [-0.2, 0) is 15.5 Å². The molecule has 168 valence electrons. The van der Waals surface area contributed by atoms with E-state index in [1.807, 2.05) is 0 Å². The van der Waals surface area contributed by atoms with Gasteiger partial charge in [-0.05, 0) is 31.2 Å².